The van der Waals surface area contributed by atoms with Gasteiger partial charge in [-0.25, -0.2) is 4.79 Å². The molecule has 2 aromatic rings. The summed E-state index contributed by atoms with van der Waals surface area (Å²) in [5.74, 6) is -0.902. The Hall–Kier alpha value is -2.29. The van der Waals surface area contributed by atoms with Gasteiger partial charge in [0.2, 0.25) is 0 Å². The van der Waals surface area contributed by atoms with E-state index in [1.807, 2.05) is 31.2 Å². The van der Waals surface area contributed by atoms with E-state index in [0.717, 1.165) is 17.7 Å². The van der Waals surface area contributed by atoms with E-state index in [9.17, 15) is 4.79 Å². The highest BCUT2D eigenvalue weighted by Gasteiger charge is 2.12. The molecule has 0 fully saturated rings. The van der Waals surface area contributed by atoms with Crippen LogP contribution in [0, 0.1) is 6.92 Å². The lowest BCUT2D eigenvalue weighted by atomic mass is 10.0. The largest absolute Gasteiger partial charge is 0.478 e. The Balaban J connectivity index is 2.28. The van der Waals surface area contributed by atoms with Crippen LogP contribution in [0.1, 0.15) is 40.9 Å². The summed E-state index contributed by atoms with van der Waals surface area (Å²) in [5, 5.41) is 12.5. The Morgan fingerprint density at radius 1 is 1.20 bits per heavy atom. The zero-order valence-electron chi connectivity index (χ0n) is 11.8. The van der Waals surface area contributed by atoms with Crippen molar-refractivity contribution in [1.82, 2.24) is 0 Å². The number of aromatic carboxylic acids is 1. The van der Waals surface area contributed by atoms with Crippen molar-refractivity contribution in [2.45, 2.75) is 26.3 Å². The van der Waals surface area contributed by atoms with Gasteiger partial charge >= 0.3 is 5.97 Å². The van der Waals surface area contributed by atoms with Crippen molar-refractivity contribution < 1.29 is 9.90 Å². The van der Waals surface area contributed by atoms with Crippen molar-refractivity contribution in [1.29, 1.82) is 0 Å². The summed E-state index contributed by atoms with van der Waals surface area (Å²) in [5.41, 5.74) is 3.43. The molecule has 0 spiro atoms. The highest BCUT2D eigenvalue weighted by molar-refractivity contribution is 5.89. The summed E-state index contributed by atoms with van der Waals surface area (Å²) >= 11 is 0. The number of rotatable bonds is 5. The second-order valence-electron chi connectivity index (χ2n) is 4.85. The molecule has 0 aromatic heterocycles. The molecule has 0 saturated carbocycles. The van der Waals surface area contributed by atoms with Crippen LogP contribution in [0.4, 0.5) is 5.69 Å². The predicted molar refractivity (Wildman–Crippen MR) is 81.2 cm³/mol. The molecule has 0 amide bonds. The molecule has 1 unspecified atom stereocenters. The van der Waals surface area contributed by atoms with Gasteiger partial charge in [-0.15, -0.1) is 0 Å². The monoisotopic (exact) mass is 269 g/mol. The number of carboxylic acid groups (broad SMARTS) is 1. The third-order valence-corrected chi connectivity index (χ3v) is 3.42. The smallest absolute Gasteiger partial charge is 0.335 e. The van der Waals surface area contributed by atoms with E-state index in [2.05, 4.69) is 24.4 Å². The summed E-state index contributed by atoms with van der Waals surface area (Å²) in [6.45, 7) is 4.09. The molecule has 0 heterocycles. The topological polar surface area (TPSA) is 49.3 Å². The standard InChI is InChI=1S/C17H19NO2/c1-3-15(13-7-5-4-6-8-13)18-16-11-14(17(19)20)10-9-12(16)2/h4-11,15,18H,3H2,1-2H3,(H,19,20). The summed E-state index contributed by atoms with van der Waals surface area (Å²) in [4.78, 5) is 11.1. The second-order valence-corrected chi connectivity index (χ2v) is 4.85. The van der Waals surface area contributed by atoms with Crippen molar-refractivity contribution in [3.05, 3.63) is 65.2 Å². The molecule has 2 N–H and O–H groups in total. The Kier molecular flexibility index (Phi) is 4.41. The minimum atomic E-state index is -0.902. The minimum absolute atomic E-state index is 0.180. The Bertz CT molecular complexity index is 593. The molecule has 0 aliphatic carbocycles. The average Bonchev–Trinajstić information content (AvgIpc) is 2.47. The van der Waals surface area contributed by atoms with Crippen LogP contribution in [0.15, 0.2) is 48.5 Å². The third-order valence-electron chi connectivity index (χ3n) is 3.42. The number of nitrogens with one attached hydrogen (secondary N) is 1. The van der Waals surface area contributed by atoms with E-state index < -0.39 is 5.97 Å². The summed E-state index contributed by atoms with van der Waals surface area (Å²) < 4.78 is 0. The van der Waals surface area contributed by atoms with Crippen LogP contribution in [0.3, 0.4) is 0 Å². The third kappa shape index (κ3) is 3.18. The first kappa shape index (κ1) is 14.1. The number of benzene rings is 2. The quantitative estimate of drug-likeness (QED) is 0.852. The Morgan fingerprint density at radius 2 is 1.90 bits per heavy atom. The first-order chi connectivity index (χ1) is 9.61. The summed E-state index contributed by atoms with van der Waals surface area (Å²) in [6, 6.07) is 15.5. The molecular weight excluding hydrogens is 250 g/mol. The molecule has 0 saturated heterocycles. The molecule has 104 valence electrons. The first-order valence-corrected chi connectivity index (χ1v) is 6.77. The molecule has 2 aromatic carbocycles. The molecule has 0 radical (unpaired) electrons. The highest BCUT2D eigenvalue weighted by Crippen LogP contribution is 2.25. The second kappa shape index (κ2) is 6.24. The molecule has 20 heavy (non-hydrogen) atoms. The van der Waals surface area contributed by atoms with E-state index >= 15 is 0 Å². The maximum Gasteiger partial charge on any atom is 0.335 e. The van der Waals surface area contributed by atoms with Crippen LogP contribution in [-0.4, -0.2) is 11.1 Å². The first-order valence-electron chi connectivity index (χ1n) is 6.77. The zero-order chi connectivity index (χ0) is 14.5. The maximum absolute atomic E-state index is 11.1. The lowest BCUT2D eigenvalue weighted by Gasteiger charge is -2.20. The van der Waals surface area contributed by atoms with E-state index in [1.165, 1.54) is 5.56 Å². The lowest BCUT2D eigenvalue weighted by Crippen LogP contribution is -2.11. The number of hydrogen-bond acceptors (Lipinski definition) is 2. The number of anilines is 1. The molecule has 2 rings (SSSR count). The van der Waals surface area contributed by atoms with Crippen molar-refractivity contribution in [3.63, 3.8) is 0 Å². The van der Waals surface area contributed by atoms with Gasteiger partial charge < -0.3 is 10.4 Å². The van der Waals surface area contributed by atoms with Gasteiger partial charge in [-0.3, -0.25) is 0 Å². The van der Waals surface area contributed by atoms with E-state index in [-0.39, 0.29) is 6.04 Å². The normalized spacial score (nSPS) is 11.9. The number of hydrogen-bond donors (Lipinski definition) is 2. The van der Waals surface area contributed by atoms with E-state index in [0.29, 0.717) is 5.56 Å². The van der Waals surface area contributed by atoms with E-state index in [4.69, 9.17) is 5.11 Å². The average molecular weight is 269 g/mol. The van der Waals surface area contributed by atoms with Crippen molar-refractivity contribution in [2.24, 2.45) is 0 Å². The molecule has 0 bridgehead atoms. The van der Waals surface area contributed by atoms with Gasteiger partial charge in [-0.05, 0) is 36.6 Å². The Labute approximate surface area is 119 Å². The van der Waals surface area contributed by atoms with Crippen LogP contribution in [0.25, 0.3) is 0 Å². The minimum Gasteiger partial charge on any atom is -0.478 e. The number of aryl methyl sites for hydroxylation is 1. The van der Waals surface area contributed by atoms with Crippen LogP contribution in [-0.2, 0) is 0 Å². The van der Waals surface area contributed by atoms with Crippen molar-refractivity contribution >= 4 is 11.7 Å². The fourth-order valence-electron chi connectivity index (χ4n) is 2.20. The molecule has 3 nitrogen and oxygen atoms in total. The van der Waals surface area contributed by atoms with Gasteiger partial charge in [0.15, 0.2) is 0 Å². The molecule has 0 aliphatic heterocycles. The molecule has 1 atom stereocenters. The van der Waals surface area contributed by atoms with Crippen molar-refractivity contribution in [3.8, 4) is 0 Å². The molecular formula is C17H19NO2. The van der Waals surface area contributed by atoms with E-state index in [1.54, 1.807) is 12.1 Å². The zero-order valence-corrected chi connectivity index (χ0v) is 11.8. The fraction of sp³-hybridized carbons (Fsp3) is 0.235. The molecule has 0 aliphatic rings. The molecule has 3 heteroatoms. The van der Waals surface area contributed by atoms with Crippen molar-refractivity contribution in [2.75, 3.05) is 5.32 Å². The lowest BCUT2D eigenvalue weighted by molar-refractivity contribution is 0.0697. The highest BCUT2D eigenvalue weighted by atomic mass is 16.4. The van der Waals surface area contributed by atoms with Gasteiger partial charge in [0.25, 0.3) is 0 Å². The summed E-state index contributed by atoms with van der Waals surface area (Å²) in [6.07, 6.45) is 0.931. The maximum atomic E-state index is 11.1. The van der Waals surface area contributed by atoms with Crippen LogP contribution >= 0.6 is 0 Å². The predicted octanol–water partition coefficient (Wildman–Crippen LogP) is 4.26. The SMILES string of the molecule is CCC(Nc1cc(C(=O)O)ccc1C)c1ccccc1. The van der Waals surface area contributed by atoms with Gasteiger partial charge in [-0.2, -0.15) is 0 Å². The fourth-order valence-corrected chi connectivity index (χ4v) is 2.20. The van der Waals surface area contributed by atoms with Gasteiger partial charge in [0.1, 0.15) is 0 Å². The number of carboxylic acids is 1. The summed E-state index contributed by atoms with van der Waals surface area (Å²) in [7, 11) is 0. The van der Waals surface area contributed by atoms with Gasteiger partial charge in [0, 0.05) is 5.69 Å². The number of carbonyl (C=O) groups is 1. The van der Waals surface area contributed by atoms with Crippen LogP contribution in [0.2, 0.25) is 0 Å². The van der Waals surface area contributed by atoms with Crippen LogP contribution < -0.4 is 5.32 Å². The van der Waals surface area contributed by atoms with Gasteiger partial charge in [0.05, 0.1) is 11.6 Å². The Morgan fingerprint density at radius 3 is 2.50 bits per heavy atom. The van der Waals surface area contributed by atoms with Gasteiger partial charge in [-0.1, -0.05) is 43.3 Å². The van der Waals surface area contributed by atoms with Crippen LogP contribution in [0.5, 0.6) is 0 Å².